The van der Waals surface area contributed by atoms with Gasteiger partial charge in [-0.3, -0.25) is 4.79 Å². The molecule has 30 heavy (non-hydrogen) atoms. The number of nitrogens with zero attached hydrogens (tertiary/aromatic N) is 2. The van der Waals surface area contributed by atoms with Gasteiger partial charge in [0, 0.05) is 19.1 Å². The van der Waals surface area contributed by atoms with E-state index in [9.17, 15) is 14.8 Å². The minimum absolute atomic E-state index is 0.00778. The molecule has 156 valence electrons. The summed E-state index contributed by atoms with van der Waals surface area (Å²) >= 11 is 12.0. The first-order valence-corrected chi connectivity index (χ1v) is 9.33. The molecule has 0 amide bonds. The minimum atomic E-state index is -0.713. The highest BCUT2D eigenvalue weighted by Crippen LogP contribution is 2.27. The van der Waals surface area contributed by atoms with Gasteiger partial charge in [-0.15, -0.1) is 0 Å². The molecule has 0 atom stereocenters. The van der Waals surface area contributed by atoms with Crippen molar-refractivity contribution in [2.45, 2.75) is 13.5 Å². The Morgan fingerprint density at radius 2 is 1.63 bits per heavy atom. The van der Waals surface area contributed by atoms with Crippen molar-refractivity contribution < 1.29 is 28.5 Å². The Labute approximate surface area is 181 Å². The number of esters is 1. The van der Waals surface area contributed by atoms with Crippen molar-refractivity contribution >= 4 is 46.0 Å². The second-order valence-corrected chi connectivity index (χ2v) is 7.00. The number of hydrogen-bond acceptors (Lipinski definition) is 7. The molecule has 1 heterocycles. The first-order chi connectivity index (χ1) is 14.2. The minimum Gasteiger partial charge on any atom is -0.618 e. The summed E-state index contributed by atoms with van der Waals surface area (Å²) < 4.78 is 16.0. The van der Waals surface area contributed by atoms with Gasteiger partial charge in [-0.25, -0.2) is 9.78 Å². The molecule has 1 aromatic heterocycles. The zero-order chi connectivity index (χ0) is 22.0. The molecule has 0 aliphatic rings. The van der Waals surface area contributed by atoms with Crippen LogP contribution in [0.2, 0.25) is 10.0 Å². The van der Waals surface area contributed by atoms with Crippen LogP contribution in [0, 0.1) is 5.21 Å². The van der Waals surface area contributed by atoms with Crippen molar-refractivity contribution in [3.05, 3.63) is 62.5 Å². The van der Waals surface area contributed by atoms with Gasteiger partial charge in [0.25, 0.3) is 5.69 Å². The number of benzene rings is 2. The Morgan fingerprint density at radius 3 is 2.20 bits per heavy atom. The normalized spacial score (nSPS) is 10.7. The Bertz CT molecular complexity index is 1140. The molecule has 0 aliphatic carbocycles. The lowest BCUT2D eigenvalue weighted by molar-refractivity contribution is -0.580. The smallest absolute Gasteiger partial charge is 0.338 e. The lowest BCUT2D eigenvalue weighted by Crippen LogP contribution is -2.37. The molecular formula is C20H16Cl2N2O6. The van der Waals surface area contributed by atoms with Gasteiger partial charge in [0.1, 0.15) is 23.6 Å². The maximum absolute atomic E-state index is 12.7. The summed E-state index contributed by atoms with van der Waals surface area (Å²) in [5.74, 6) is -0.452. The highest BCUT2D eigenvalue weighted by atomic mass is 35.5. The summed E-state index contributed by atoms with van der Waals surface area (Å²) in [4.78, 5) is 28.9. The molecule has 0 saturated carbocycles. The second-order valence-electron chi connectivity index (χ2n) is 6.19. The lowest BCUT2D eigenvalue weighted by Gasteiger charge is -2.12. The number of methoxy groups -OCH3 is 2. The summed E-state index contributed by atoms with van der Waals surface area (Å²) in [5.41, 5.74) is 0.186. The quantitative estimate of drug-likeness (QED) is 0.244. The number of ketones is 1. The highest BCUT2D eigenvalue weighted by molar-refractivity contribution is 6.42. The number of carbonyl (C=O) groups excluding carboxylic acids is 2. The Morgan fingerprint density at radius 1 is 1.03 bits per heavy atom. The van der Waals surface area contributed by atoms with Crippen LogP contribution in [0.3, 0.4) is 0 Å². The van der Waals surface area contributed by atoms with E-state index in [1.165, 1.54) is 45.4 Å². The fourth-order valence-electron chi connectivity index (χ4n) is 2.80. The predicted molar refractivity (Wildman–Crippen MR) is 109 cm³/mol. The SMILES string of the molecule is COc1cc(OC)cc(C(=O)OCc2nc3cc(Cl)c(Cl)cc3[n+]([O-])c2C(C)=O)c1. The van der Waals surface area contributed by atoms with Gasteiger partial charge in [-0.1, -0.05) is 23.2 Å². The van der Waals surface area contributed by atoms with Gasteiger partial charge in [0.15, 0.2) is 5.69 Å². The zero-order valence-corrected chi connectivity index (χ0v) is 17.7. The second kappa shape index (κ2) is 8.73. The van der Waals surface area contributed by atoms with Gasteiger partial charge >= 0.3 is 5.97 Å². The Kier molecular flexibility index (Phi) is 6.28. The van der Waals surface area contributed by atoms with Crippen LogP contribution in [0.5, 0.6) is 11.5 Å². The van der Waals surface area contributed by atoms with Gasteiger partial charge in [-0.2, -0.15) is 4.73 Å². The molecule has 0 aliphatic heterocycles. The van der Waals surface area contributed by atoms with E-state index in [2.05, 4.69) is 4.98 Å². The van der Waals surface area contributed by atoms with E-state index in [0.29, 0.717) is 16.2 Å². The average Bonchev–Trinajstić information content (AvgIpc) is 2.72. The topological polar surface area (TPSA) is 102 Å². The fraction of sp³-hybridized carbons (Fsp3) is 0.200. The molecule has 10 heteroatoms. The van der Waals surface area contributed by atoms with Crippen LogP contribution < -0.4 is 14.2 Å². The maximum atomic E-state index is 12.7. The van der Waals surface area contributed by atoms with Crippen LogP contribution in [-0.4, -0.2) is 31.0 Å². The number of hydrogen-bond donors (Lipinski definition) is 0. The number of carbonyl (C=O) groups is 2. The van der Waals surface area contributed by atoms with Gasteiger partial charge < -0.3 is 19.4 Å². The number of Topliss-reactive ketones (excluding diaryl/α,β-unsaturated/α-hetero) is 1. The van der Waals surface area contributed by atoms with Crippen LogP contribution in [-0.2, 0) is 11.3 Å². The molecule has 0 N–H and O–H groups in total. The van der Waals surface area contributed by atoms with Crippen molar-refractivity contribution in [2.75, 3.05) is 14.2 Å². The number of halogens is 2. The van der Waals surface area contributed by atoms with E-state index in [4.69, 9.17) is 37.4 Å². The molecule has 3 rings (SSSR count). The van der Waals surface area contributed by atoms with Crippen LogP contribution in [0.15, 0.2) is 30.3 Å². The van der Waals surface area contributed by atoms with E-state index in [1.54, 1.807) is 6.07 Å². The molecule has 2 aromatic carbocycles. The summed E-state index contributed by atoms with van der Waals surface area (Å²) in [5, 5.41) is 13.1. The summed E-state index contributed by atoms with van der Waals surface area (Å²) in [7, 11) is 2.90. The van der Waals surface area contributed by atoms with Crippen molar-refractivity contribution in [3.63, 3.8) is 0 Å². The Balaban J connectivity index is 1.97. The van der Waals surface area contributed by atoms with Crippen molar-refractivity contribution in [1.82, 2.24) is 4.98 Å². The molecule has 0 saturated heterocycles. The molecule has 3 aromatic rings. The summed E-state index contributed by atoms with van der Waals surface area (Å²) in [6, 6.07) is 7.27. The number of rotatable bonds is 6. The molecule has 0 radical (unpaired) electrons. The van der Waals surface area contributed by atoms with Crippen molar-refractivity contribution in [3.8, 4) is 11.5 Å². The van der Waals surface area contributed by atoms with Crippen LogP contribution in [0.1, 0.15) is 33.5 Å². The number of ether oxygens (including phenoxy) is 3. The summed E-state index contributed by atoms with van der Waals surface area (Å²) in [6.07, 6.45) is 0. The van der Waals surface area contributed by atoms with Gasteiger partial charge in [0.05, 0.1) is 29.8 Å². The van der Waals surface area contributed by atoms with Crippen molar-refractivity contribution in [2.24, 2.45) is 0 Å². The van der Waals surface area contributed by atoms with Crippen molar-refractivity contribution in [1.29, 1.82) is 0 Å². The zero-order valence-electron chi connectivity index (χ0n) is 16.2. The third kappa shape index (κ3) is 4.24. The molecular weight excluding hydrogens is 435 g/mol. The van der Waals surface area contributed by atoms with Crippen LogP contribution in [0.4, 0.5) is 0 Å². The first-order valence-electron chi connectivity index (χ1n) is 8.57. The van der Waals surface area contributed by atoms with Gasteiger partial charge in [0.2, 0.25) is 11.3 Å². The third-order valence-electron chi connectivity index (χ3n) is 4.23. The third-order valence-corrected chi connectivity index (χ3v) is 4.95. The molecule has 0 unspecified atom stereocenters. The standard InChI is InChI=1S/C20H16Cl2N2O6/c1-10(25)19-17(23-16-7-14(21)15(22)8-18(16)24(19)27)9-30-20(26)11-4-12(28-2)6-13(5-11)29-3/h4-8H,9H2,1-3H3. The van der Waals surface area contributed by atoms with E-state index >= 15 is 0 Å². The van der Waals surface area contributed by atoms with E-state index in [1.807, 2.05) is 0 Å². The van der Waals surface area contributed by atoms with Crippen LogP contribution in [0.25, 0.3) is 11.0 Å². The van der Waals surface area contributed by atoms with Gasteiger partial charge in [-0.05, 0) is 18.2 Å². The summed E-state index contributed by atoms with van der Waals surface area (Å²) in [6.45, 7) is 0.804. The number of fused-ring (bicyclic) bond motifs is 1. The monoisotopic (exact) mass is 450 g/mol. The largest absolute Gasteiger partial charge is 0.618 e. The Hall–Kier alpha value is -3.10. The first kappa shape index (κ1) is 21.6. The molecule has 0 fully saturated rings. The molecule has 0 spiro atoms. The van der Waals surface area contributed by atoms with E-state index < -0.39 is 18.4 Å². The van der Waals surface area contributed by atoms with E-state index in [0.717, 1.165) is 0 Å². The molecule has 0 bridgehead atoms. The highest BCUT2D eigenvalue weighted by Gasteiger charge is 2.25. The molecule has 8 nitrogen and oxygen atoms in total. The predicted octanol–water partition coefficient (Wildman–Crippen LogP) is 3.75. The maximum Gasteiger partial charge on any atom is 0.338 e. The van der Waals surface area contributed by atoms with E-state index in [-0.39, 0.29) is 38.0 Å². The van der Waals surface area contributed by atoms with Crippen LogP contribution >= 0.6 is 23.2 Å². The number of aromatic nitrogens is 2. The average molecular weight is 451 g/mol. The fourth-order valence-corrected chi connectivity index (χ4v) is 3.12. The lowest BCUT2D eigenvalue weighted by atomic mass is 10.2.